The van der Waals surface area contributed by atoms with Crippen molar-refractivity contribution in [3.8, 4) is 11.5 Å². The molecule has 0 radical (unpaired) electrons. The molecule has 5 aliphatic heterocycles. The van der Waals surface area contributed by atoms with Crippen molar-refractivity contribution in [2.45, 2.75) is 80.4 Å². The number of para-hydroxylation sites is 1. The highest BCUT2D eigenvalue weighted by molar-refractivity contribution is 6.11. The monoisotopic (exact) mass is 1060 g/mol. The summed E-state index contributed by atoms with van der Waals surface area (Å²) in [6.45, 7) is 4.95. The molecule has 4 N–H and O–H groups in total. The Hall–Kier alpha value is -8.35. The molecular weight excluding hydrogens is 999 g/mol. The second kappa shape index (κ2) is 23.1. The molecule has 5 aliphatic rings. The average molecular weight is 1060 g/mol. The Morgan fingerprint density at radius 3 is 2.19 bits per heavy atom. The number of cyclic esters (lactones) is 1. The van der Waals surface area contributed by atoms with Gasteiger partial charge in [-0.2, -0.15) is 0 Å². The van der Waals surface area contributed by atoms with Crippen molar-refractivity contribution >= 4 is 47.2 Å². The van der Waals surface area contributed by atoms with Gasteiger partial charge in [-0.15, -0.1) is 0 Å². The van der Waals surface area contributed by atoms with E-state index in [0.29, 0.717) is 59.7 Å². The van der Waals surface area contributed by atoms with Gasteiger partial charge in [0.2, 0.25) is 23.6 Å². The SMILES string of the molecule is C=CCOC(=O)[C@H]1[C@@H]2C(=O)O[C@@H](c3ccccc3)[C@@H](c3ccccc3)N2[C@@H](c2ccc(OCCOC(=O)[C@H]3C[C@H]4C(=O)N[C@@H](CCCCNC(C)=O)C(=O)N4[C@H]3c3cccc(OCCO)c3)cc2)[C@]12C(=O)Nc1ccccc12. The maximum Gasteiger partial charge on any atom is 0.325 e. The van der Waals surface area contributed by atoms with Crippen LogP contribution in [-0.2, 0) is 53.2 Å². The number of amides is 4. The summed E-state index contributed by atoms with van der Waals surface area (Å²) in [6.07, 6.45) is 2.07. The first-order valence-corrected chi connectivity index (χ1v) is 26.3. The summed E-state index contributed by atoms with van der Waals surface area (Å²) in [7, 11) is 0. The number of aliphatic hydroxyl groups excluding tert-OH is 1. The number of esters is 3. The molecule has 78 heavy (non-hydrogen) atoms. The lowest BCUT2D eigenvalue weighted by atomic mass is 9.65. The topological polar surface area (TPSA) is 228 Å². The van der Waals surface area contributed by atoms with Crippen molar-refractivity contribution < 1.29 is 62.4 Å². The Kier molecular flexibility index (Phi) is 15.7. The summed E-state index contributed by atoms with van der Waals surface area (Å²) in [5, 5.41) is 18.1. The highest BCUT2D eigenvalue weighted by Crippen LogP contribution is 2.65. The first-order valence-electron chi connectivity index (χ1n) is 26.3. The van der Waals surface area contributed by atoms with E-state index in [9.17, 15) is 33.9 Å². The van der Waals surface area contributed by atoms with Crippen molar-refractivity contribution in [1.82, 2.24) is 20.4 Å². The second-order valence-corrected chi connectivity index (χ2v) is 20.0. The molecule has 0 unspecified atom stereocenters. The first-order chi connectivity index (χ1) is 38.0. The van der Waals surface area contributed by atoms with E-state index in [2.05, 4.69) is 22.5 Å². The normalized spacial score (nSPS) is 25.9. The molecule has 404 valence electrons. The van der Waals surface area contributed by atoms with Gasteiger partial charge in [0.1, 0.15) is 73.5 Å². The number of hydrogen-bond acceptors (Lipinski definition) is 14. The molecule has 0 aromatic heterocycles. The van der Waals surface area contributed by atoms with E-state index in [-0.39, 0.29) is 57.2 Å². The van der Waals surface area contributed by atoms with Crippen LogP contribution in [0, 0.1) is 11.8 Å². The number of aliphatic hydroxyl groups is 1. The standard InChI is InChI=1S/C60H61N5O13/c1-3-30-76-57(71)48-51-58(72)78-52(38-17-8-5-9-18-38)50(37-15-6-4-7-16-37)65(51)53(60(48)44-21-10-11-22-45(44)63-59(60)73)39-24-26-41(27-25-39)75-32-33-77-56(70)43-35-47-54(68)62-46(23-12-13-28-61-36(2)67)55(69)64(47)49(43)40-19-14-20-42(34-40)74-31-29-66/h3-11,14-22,24-27,34,43,46-53,66H,1,12-13,23,28-33,35H2,2H3,(H,61,67)(H,62,68)(H,63,73)/t43-,46-,47-,48+,49-,50+,51+,52-,53-,60+/m0/s1. The molecule has 5 aromatic carbocycles. The number of carbonyl (C=O) groups excluding carboxylic acids is 7. The van der Waals surface area contributed by atoms with E-state index in [4.69, 9.17) is 23.7 Å². The molecule has 0 bridgehead atoms. The minimum Gasteiger partial charge on any atom is -0.491 e. The smallest absolute Gasteiger partial charge is 0.325 e. The van der Waals surface area contributed by atoms with Crippen molar-refractivity contribution in [1.29, 1.82) is 0 Å². The first kappa shape index (κ1) is 53.1. The van der Waals surface area contributed by atoms with E-state index >= 15 is 4.79 Å². The van der Waals surface area contributed by atoms with Gasteiger partial charge in [0, 0.05) is 19.2 Å². The molecule has 4 fully saturated rings. The van der Waals surface area contributed by atoms with Gasteiger partial charge >= 0.3 is 17.9 Å². The molecule has 10 atom stereocenters. The van der Waals surface area contributed by atoms with E-state index in [1.165, 1.54) is 17.9 Å². The van der Waals surface area contributed by atoms with Gasteiger partial charge in [0.25, 0.3) is 0 Å². The van der Waals surface area contributed by atoms with Crippen molar-refractivity contribution in [2.24, 2.45) is 11.8 Å². The van der Waals surface area contributed by atoms with Crippen molar-refractivity contribution in [2.75, 3.05) is 44.9 Å². The third-order valence-corrected chi connectivity index (χ3v) is 15.4. The summed E-state index contributed by atoms with van der Waals surface area (Å²) < 4.78 is 30.0. The lowest BCUT2D eigenvalue weighted by Gasteiger charge is -2.46. The molecule has 10 rings (SSSR count). The lowest BCUT2D eigenvalue weighted by Crippen LogP contribution is -2.61. The number of nitrogens with one attached hydrogen (secondary N) is 3. The van der Waals surface area contributed by atoms with Crippen LogP contribution in [0.5, 0.6) is 11.5 Å². The largest absolute Gasteiger partial charge is 0.491 e. The van der Waals surface area contributed by atoms with E-state index in [0.717, 1.165) is 11.1 Å². The van der Waals surface area contributed by atoms with Crippen molar-refractivity contribution in [3.05, 3.63) is 174 Å². The van der Waals surface area contributed by atoms with E-state index < -0.39 is 83.4 Å². The Balaban J connectivity index is 0.923. The van der Waals surface area contributed by atoms with Crippen LogP contribution in [0.2, 0.25) is 0 Å². The van der Waals surface area contributed by atoms with E-state index in [1.807, 2.05) is 65.6 Å². The molecule has 4 amide bonds. The van der Waals surface area contributed by atoms with E-state index in [1.54, 1.807) is 72.8 Å². The number of piperazine rings is 1. The summed E-state index contributed by atoms with van der Waals surface area (Å²) >= 11 is 0. The van der Waals surface area contributed by atoms with Crippen LogP contribution in [0.1, 0.15) is 84.7 Å². The van der Waals surface area contributed by atoms with Gasteiger partial charge in [-0.05, 0) is 83.8 Å². The number of anilines is 1. The third-order valence-electron chi connectivity index (χ3n) is 15.4. The van der Waals surface area contributed by atoms with Gasteiger partial charge in [-0.3, -0.25) is 38.5 Å². The highest BCUT2D eigenvalue weighted by atomic mass is 16.6. The summed E-state index contributed by atoms with van der Waals surface area (Å²) in [4.78, 5) is 102. The second-order valence-electron chi connectivity index (χ2n) is 20.0. The number of fused-ring (bicyclic) bond motifs is 4. The van der Waals surface area contributed by atoms with Gasteiger partial charge < -0.3 is 49.6 Å². The summed E-state index contributed by atoms with van der Waals surface area (Å²) in [5.74, 6) is -4.96. The highest BCUT2D eigenvalue weighted by Gasteiger charge is 2.74. The summed E-state index contributed by atoms with van der Waals surface area (Å²) in [5.41, 5.74) is 1.96. The molecule has 1 spiro atoms. The number of hydrogen-bond donors (Lipinski definition) is 4. The maximum absolute atomic E-state index is 15.2. The van der Waals surface area contributed by atoms with Crippen LogP contribution in [0.15, 0.2) is 146 Å². The van der Waals surface area contributed by atoms with Gasteiger partial charge in [-0.1, -0.05) is 116 Å². The predicted octanol–water partition coefficient (Wildman–Crippen LogP) is 5.74. The molecule has 18 heteroatoms. The molecule has 4 saturated heterocycles. The molecular formula is C60H61N5O13. The zero-order valence-electron chi connectivity index (χ0n) is 43.0. The minimum atomic E-state index is -1.71. The zero-order chi connectivity index (χ0) is 54.5. The van der Waals surface area contributed by atoms with Crippen LogP contribution in [0.4, 0.5) is 5.69 Å². The number of morpholine rings is 1. The van der Waals surface area contributed by atoms with Crippen LogP contribution in [0.25, 0.3) is 0 Å². The third kappa shape index (κ3) is 9.97. The predicted molar refractivity (Wildman–Crippen MR) is 282 cm³/mol. The fourth-order valence-electron chi connectivity index (χ4n) is 12.3. The number of rotatable bonds is 20. The molecule has 18 nitrogen and oxygen atoms in total. The fourth-order valence-corrected chi connectivity index (χ4v) is 12.3. The average Bonchev–Trinajstić information content (AvgIpc) is 2.91. The quantitative estimate of drug-likeness (QED) is 0.0316. The lowest BCUT2D eigenvalue weighted by molar-refractivity contribution is -0.180. The number of nitrogens with zero attached hydrogens (tertiary/aromatic N) is 2. The Labute approximate surface area is 451 Å². The maximum atomic E-state index is 15.2. The molecule has 0 saturated carbocycles. The van der Waals surface area contributed by atoms with Crippen LogP contribution in [0.3, 0.4) is 0 Å². The fraction of sp³-hybridized carbons (Fsp3) is 0.350. The molecule has 5 heterocycles. The number of carbonyl (C=O) groups is 7. The van der Waals surface area contributed by atoms with Gasteiger partial charge in [0.05, 0.1) is 30.7 Å². The number of unbranched alkanes of at least 4 members (excludes halogenated alkanes) is 1. The molecule has 0 aliphatic carbocycles. The van der Waals surface area contributed by atoms with Crippen molar-refractivity contribution in [3.63, 3.8) is 0 Å². The Morgan fingerprint density at radius 1 is 0.756 bits per heavy atom. The summed E-state index contributed by atoms with van der Waals surface area (Å²) in [6, 6.07) is 34.4. The van der Waals surface area contributed by atoms with Crippen LogP contribution >= 0.6 is 0 Å². The number of ether oxygens (including phenoxy) is 5. The Morgan fingerprint density at radius 2 is 1.46 bits per heavy atom. The minimum absolute atomic E-state index is 0.00514. The van der Waals surface area contributed by atoms with Crippen LogP contribution in [-0.4, -0.2) is 114 Å². The zero-order valence-corrected chi connectivity index (χ0v) is 43.0. The van der Waals surface area contributed by atoms with Gasteiger partial charge in [0.15, 0.2) is 0 Å². The molecule has 5 aromatic rings. The number of benzene rings is 5. The Bertz CT molecular complexity index is 3070. The van der Waals surface area contributed by atoms with Crippen LogP contribution < -0.4 is 25.4 Å². The van der Waals surface area contributed by atoms with Gasteiger partial charge in [-0.25, -0.2) is 0 Å².